The van der Waals surface area contributed by atoms with Gasteiger partial charge in [0.1, 0.15) is 12.2 Å². The van der Waals surface area contributed by atoms with E-state index in [1.165, 1.54) is 6.07 Å². The van der Waals surface area contributed by atoms with Crippen molar-refractivity contribution in [3.8, 4) is 34.5 Å². The van der Waals surface area contributed by atoms with Gasteiger partial charge >= 0.3 is 0 Å². The van der Waals surface area contributed by atoms with Crippen molar-refractivity contribution < 1.29 is 27.6 Å². The Morgan fingerprint density at radius 2 is 1.94 bits per heavy atom. The number of halogens is 2. The zero-order valence-electron chi connectivity index (χ0n) is 15.8. The molecule has 31 heavy (non-hydrogen) atoms. The van der Waals surface area contributed by atoms with Crippen LogP contribution < -0.4 is 14.8 Å². The Bertz CT molecular complexity index is 1280. The topological polar surface area (TPSA) is 91.4 Å². The van der Waals surface area contributed by atoms with Crippen molar-refractivity contribution in [3.05, 3.63) is 66.4 Å². The average Bonchev–Trinajstić information content (AvgIpc) is 3.50. The summed E-state index contributed by atoms with van der Waals surface area (Å²) < 4.78 is 44.0. The van der Waals surface area contributed by atoms with Crippen LogP contribution >= 0.6 is 0 Å². The summed E-state index contributed by atoms with van der Waals surface area (Å²) in [4.78, 5) is 16.8. The minimum atomic E-state index is -1.04. The minimum absolute atomic E-state index is 0.0942. The average molecular weight is 424 g/mol. The van der Waals surface area contributed by atoms with Crippen molar-refractivity contribution in [2.24, 2.45) is 0 Å². The van der Waals surface area contributed by atoms with E-state index in [9.17, 15) is 13.6 Å². The molecule has 1 N–H and O–H groups in total. The highest BCUT2D eigenvalue weighted by Gasteiger charge is 2.19. The standard InChI is InChI=1S/C21H14F2N4O4/c22-14-5-4-13(9-15(14)23)24-19(28)10-27-7-1-2-16(27)21-25-20(26-31-21)12-3-6-17-18(8-12)30-11-29-17/h1-9H,10-11H2,(H,24,28). The van der Waals surface area contributed by atoms with E-state index in [2.05, 4.69) is 15.5 Å². The van der Waals surface area contributed by atoms with Gasteiger partial charge in [0.25, 0.3) is 5.89 Å². The maximum Gasteiger partial charge on any atom is 0.274 e. The number of anilines is 1. The van der Waals surface area contributed by atoms with Gasteiger partial charge in [-0.05, 0) is 42.5 Å². The summed E-state index contributed by atoms with van der Waals surface area (Å²) in [6.07, 6.45) is 1.67. The highest BCUT2D eigenvalue weighted by Crippen LogP contribution is 2.35. The van der Waals surface area contributed by atoms with Crippen LogP contribution in [0.2, 0.25) is 0 Å². The quantitative estimate of drug-likeness (QED) is 0.523. The fourth-order valence-corrected chi connectivity index (χ4v) is 3.16. The third kappa shape index (κ3) is 3.70. The van der Waals surface area contributed by atoms with Crippen molar-refractivity contribution in [1.29, 1.82) is 0 Å². The van der Waals surface area contributed by atoms with Crippen LogP contribution in [-0.2, 0) is 11.3 Å². The first-order chi connectivity index (χ1) is 15.1. The van der Waals surface area contributed by atoms with Crippen LogP contribution in [0.4, 0.5) is 14.5 Å². The van der Waals surface area contributed by atoms with Crippen LogP contribution in [-0.4, -0.2) is 27.4 Å². The fourth-order valence-electron chi connectivity index (χ4n) is 3.16. The van der Waals surface area contributed by atoms with Gasteiger partial charge < -0.3 is 23.9 Å². The Morgan fingerprint density at radius 1 is 1.06 bits per heavy atom. The Balaban J connectivity index is 1.33. The zero-order chi connectivity index (χ0) is 21.4. The molecule has 0 radical (unpaired) electrons. The van der Waals surface area contributed by atoms with E-state index in [0.717, 1.165) is 12.1 Å². The number of hydrogen-bond donors (Lipinski definition) is 1. The molecule has 1 amide bonds. The lowest BCUT2D eigenvalue weighted by atomic mass is 10.2. The van der Waals surface area contributed by atoms with Crippen molar-refractivity contribution in [2.75, 3.05) is 12.1 Å². The summed E-state index contributed by atoms with van der Waals surface area (Å²) in [6.45, 7) is 0.0689. The number of aromatic nitrogens is 3. The molecule has 1 aliphatic rings. The second-order valence-corrected chi connectivity index (χ2v) is 6.69. The lowest BCUT2D eigenvalue weighted by molar-refractivity contribution is -0.116. The van der Waals surface area contributed by atoms with E-state index >= 15 is 0 Å². The van der Waals surface area contributed by atoms with Crippen LogP contribution in [0.15, 0.2) is 59.3 Å². The van der Waals surface area contributed by atoms with Gasteiger partial charge in [-0.1, -0.05) is 5.16 Å². The Labute approximate surface area is 174 Å². The van der Waals surface area contributed by atoms with Gasteiger partial charge in [0.2, 0.25) is 18.5 Å². The molecule has 8 nitrogen and oxygen atoms in total. The summed E-state index contributed by atoms with van der Waals surface area (Å²) in [5.74, 6) is -0.638. The number of ether oxygens (including phenoxy) is 2. The molecule has 0 atom stereocenters. The predicted octanol–water partition coefficient (Wildman–Crippen LogP) is 3.85. The summed E-state index contributed by atoms with van der Waals surface area (Å²) >= 11 is 0. The molecule has 0 fully saturated rings. The van der Waals surface area contributed by atoms with E-state index in [-0.39, 0.29) is 24.9 Å². The number of benzene rings is 2. The number of carbonyl (C=O) groups is 1. The third-order valence-electron chi connectivity index (χ3n) is 4.62. The van der Waals surface area contributed by atoms with E-state index in [1.54, 1.807) is 41.1 Å². The Morgan fingerprint density at radius 3 is 2.81 bits per heavy atom. The summed E-state index contributed by atoms with van der Waals surface area (Å²) in [5, 5.41) is 6.52. The van der Waals surface area contributed by atoms with Crippen molar-refractivity contribution in [2.45, 2.75) is 6.54 Å². The summed E-state index contributed by atoms with van der Waals surface area (Å²) in [5.41, 5.74) is 1.37. The molecule has 3 heterocycles. The van der Waals surface area contributed by atoms with Crippen molar-refractivity contribution in [1.82, 2.24) is 14.7 Å². The van der Waals surface area contributed by atoms with Crippen molar-refractivity contribution >= 4 is 11.6 Å². The maximum absolute atomic E-state index is 13.3. The lowest BCUT2D eigenvalue weighted by Crippen LogP contribution is -2.19. The van der Waals surface area contributed by atoms with Gasteiger partial charge in [-0.3, -0.25) is 4.79 Å². The highest BCUT2D eigenvalue weighted by molar-refractivity contribution is 5.90. The van der Waals surface area contributed by atoms with Gasteiger partial charge in [0, 0.05) is 23.5 Å². The number of fused-ring (bicyclic) bond motifs is 1. The van der Waals surface area contributed by atoms with Gasteiger partial charge in [0.15, 0.2) is 23.1 Å². The number of nitrogens with zero attached hydrogens (tertiary/aromatic N) is 3. The van der Waals surface area contributed by atoms with Crippen LogP contribution in [0.1, 0.15) is 0 Å². The first-order valence-electron chi connectivity index (χ1n) is 9.21. The Hall–Kier alpha value is -4.21. The highest BCUT2D eigenvalue weighted by atomic mass is 19.2. The predicted molar refractivity (Wildman–Crippen MR) is 104 cm³/mol. The SMILES string of the molecule is O=C(Cn1cccc1-c1nc(-c2ccc3c(c2)OCO3)no1)Nc1ccc(F)c(F)c1. The molecule has 0 saturated carbocycles. The number of amides is 1. The monoisotopic (exact) mass is 424 g/mol. The first-order valence-corrected chi connectivity index (χ1v) is 9.21. The Kier molecular flexibility index (Phi) is 4.58. The van der Waals surface area contributed by atoms with Gasteiger partial charge in [-0.15, -0.1) is 0 Å². The second-order valence-electron chi connectivity index (χ2n) is 6.69. The van der Waals surface area contributed by atoms with Gasteiger partial charge in [-0.25, -0.2) is 8.78 Å². The molecule has 0 spiro atoms. The molecule has 0 unspecified atom stereocenters. The lowest BCUT2D eigenvalue weighted by Gasteiger charge is -2.08. The van der Waals surface area contributed by atoms with Crippen LogP contribution in [0.25, 0.3) is 23.0 Å². The van der Waals surface area contributed by atoms with E-state index in [1.807, 2.05) is 0 Å². The summed E-state index contributed by atoms with van der Waals surface area (Å²) in [7, 11) is 0. The second kappa shape index (κ2) is 7.56. The fraction of sp³-hybridized carbons (Fsp3) is 0.0952. The molecule has 0 saturated heterocycles. The number of hydrogen-bond acceptors (Lipinski definition) is 6. The van der Waals surface area contributed by atoms with Crippen molar-refractivity contribution in [3.63, 3.8) is 0 Å². The van der Waals surface area contributed by atoms with Crippen LogP contribution in [0.3, 0.4) is 0 Å². The van der Waals surface area contributed by atoms with E-state index in [4.69, 9.17) is 14.0 Å². The number of carbonyl (C=O) groups excluding carboxylic acids is 1. The molecular formula is C21H14F2N4O4. The first kappa shape index (κ1) is 18.8. The van der Waals surface area contributed by atoms with E-state index < -0.39 is 17.5 Å². The molecule has 10 heteroatoms. The largest absolute Gasteiger partial charge is 0.454 e. The smallest absolute Gasteiger partial charge is 0.274 e. The van der Waals surface area contributed by atoms with E-state index in [0.29, 0.717) is 28.6 Å². The molecule has 1 aliphatic heterocycles. The molecular weight excluding hydrogens is 410 g/mol. The van der Waals surface area contributed by atoms with Gasteiger partial charge in [0.05, 0.1) is 0 Å². The molecule has 4 aromatic rings. The maximum atomic E-state index is 13.3. The van der Waals surface area contributed by atoms with Crippen LogP contribution in [0, 0.1) is 11.6 Å². The molecule has 156 valence electrons. The number of rotatable bonds is 5. The zero-order valence-corrected chi connectivity index (χ0v) is 15.8. The normalized spacial score (nSPS) is 12.2. The summed E-state index contributed by atoms with van der Waals surface area (Å²) in [6, 6.07) is 11.9. The minimum Gasteiger partial charge on any atom is -0.454 e. The third-order valence-corrected chi connectivity index (χ3v) is 4.62. The molecule has 0 bridgehead atoms. The molecule has 0 aliphatic carbocycles. The van der Waals surface area contributed by atoms with Crippen LogP contribution in [0.5, 0.6) is 11.5 Å². The van der Waals surface area contributed by atoms with Gasteiger partial charge in [-0.2, -0.15) is 4.98 Å². The molecule has 2 aromatic heterocycles. The molecule has 5 rings (SSSR count). The number of nitrogens with one attached hydrogen (secondary N) is 1. The molecule has 2 aromatic carbocycles.